The molecule has 2 fully saturated rings. The molecule has 2 rings (SSSR count). The zero-order chi connectivity index (χ0) is 11.3. The highest BCUT2D eigenvalue weighted by Gasteiger charge is 2.57. The molecule has 3 heteroatoms. The second-order valence-electron chi connectivity index (χ2n) is 5.39. The fourth-order valence-electron chi connectivity index (χ4n) is 3.13. The quantitative estimate of drug-likeness (QED) is 0.658. The van der Waals surface area contributed by atoms with Crippen LogP contribution in [0, 0.1) is 11.3 Å². The number of carbonyl (C=O) groups is 2. The third-order valence-corrected chi connectivity index (χ3v) is 4.59. The van der Waals surface area contributed by atoms with E-state index >= 15 is 0 Å². The molecule has 0 aromatic heterocycles. The molecule has 0 aromatic carbocycles. The lowest BCUT2D eigenvalue weighted by atomic mass is 9.53. The summed E-state index contributed by atoms with van der Waals surface area (Å²) in [4.78, 5) is 23.1. The molecule has 0 amide bonds. The number of aliphatic hydroxyl groups is 1. The average molecular weight is 210 g/mol. The lowest BCUT2D eigenvalue weighted by molar-refractivity contribution is -0.178. The SMILES string of the molecule is C[C@H]1C(=O)CC[C@@]2(C)CCC(=O)C[C@@]12O. The van der Waals surface area contributed by atoms with Gasteiger partial charge in [0.25, 0.3) is 0 Å². The molecule has 2 saturated carbocycles. The van der Waals surface area contributed by atoms with Crippen molar-refractivity contribution in [3.05, 3.63) is 0 Å². The van der Waals surface area contributed by atoms with Crippen LogP contribution in [0.3, 0.4) is 0 Å². The molecular weight excluding hydrogens is 192 g/mol. The van der Waals surface area contributed by atoms with Crippen LogP contribution in [0.25, 0.3) is 0 Å². The lowest BCUT2D eigenvalue weighted by Crippen LogP contribution is -2.60. The van der Waals surface area contributed by atoms with E-state index in [4.69, 9.17) is 0 Å². The van der Waals surface area contributed by atoms with E-state index in [-0.39, 0.29) is 29.3 Å². The van der Waals surface area contributed by atoms with Crippen molar-refractivity contribution in [3.63, 3.8) is 0 Å². The summed E-state index contributed by atoms with van der Waals surface area (Å²) in [5.74, 6) is -0.193. The third kappa shape index (κ3) is 1.36. The molecule has 0 heterocycles. The van der Waals surface area contributed by atoms with Crippen LogP contribution in [-0.2, 0) is 9.59 Å². The van der Waals surface area contributed by atoms with Gasteiger partial charge >= 0.3 is 0 Å². The van der Waals surface area contributed by atoms with Crippen LogP contribution < -0.4 is 0 Å². The van der Waals surface area contributed by atoms with Crippen molar-refractivity contribution in [1.29, 1.82) is 0 Å². The number of carbonyl (C=O) groups excluding carboxylic acids is 2. The van der Waals surface area contributed by atoms with Gasteiger partial charge in [0, 0.05) is 25.2 Å². The van der Waals surface area contributed by atoms with Gasteiger partial charge in [0.1, 0.15) is 11.6 Å². The molecule has 2 aliphatic rings. The Balaban J connectivity index is 2.38. The second kappa shape index (κ2) is 3.14. The highest BCUT2D eigenvalue weighted by atomic mass is 16.3. The first kappa shape index (κ1) is 10.8. The summed E-state index contributed by atoms with van der Waals surface area (Å²) >= 11 is 0. The Labute approximate surface area is 89.9 Å². The predicted molar refractivity (Wildman–Crippen MR) is 55.3 cm³/mol. The van der Waals surface area contributed by atoms with E-state index in [1.54, 1.807) is 6.92 Å². The minimum atomic E-state index is -1.09. The monoisotopic (exact) mass is 210 g/mol. The van der Waals surface area contributed by atoms with Gasteiger partial charge in [-0.05, 0) is 18.3 Å². The predicted octanol–water partition coefficient (Wildman–Crippen LogP) is 1.48. The number of hydrogen-bond donors (Lipinski definition) is 1. The maximum Gasteiger partial charge on any atom is 0.138 e. The van der Waals surface area contributed by atoms with Crippen molar-refractivity contribution in [2.75, 3.05) is 0 Å². The first-order valence-electron chi connectivity index (χ1n) is 5.66. The van der Waals surface area contributed by atoms with E-state index < -0.39 is 5.60 Å². The lowest BCUT2D eigenvalue weighted by Gasteiger charge is -2.53. The van der Waals surface area contributed by atoms with E-state index in [0.717, 1.165) is 12.8 Å². The van der Waals surface area contributed by atoms with Gasteiger partial charge in [-0.25, -0.2) is 0 Å². The van der Waals surface area contributed by atoms with Crippen LogP contribution >= 0.6 is 0 Å². The first-order valence-corrected chi connectivity index (χ1v) is 5.66. The van der Waals surface area contributed by atoms with Gasteiger partial charge in [-0.15, -0.1) is 0 Å². The van der Waals surface area contributed by atoms with Crippen molar-refractivity contribution in [2.45, 2.75) is 51.6 Å². The molecule has 1 N–H and O–H groups in total. The van der Waals surface area contributed by atoms with E-state index in [1.165, 1.54) is 0 Å². The van der Waals surface area contributed by atoms with E-state index in [1.807, 2.05) is 6.92 Å². The standard InChI is InChI=1S/C12H18O3/c1-8-10(14)4-6-11(2)5-3-9(13)7-12(8,11)15/h8,15H,3-7H2,1-2H3/t8-,11+,12+/m0/s1. The van der Waals surface area contributed by atoms with Crippen LogP contribution in [0.5, 0.6) is 0 Å². The molecule has 2 aliphatic carbocycles. The Hall–Kier alpha value is -0.700. The highest BCUT2D eigenvalue weighted by molar-refractivity contribution is 5.87. The zero-order valence-electron chi connectivity index (χ0n) is 9.38. The second-order valence-corrected chi connectivity index (χ2v) is 5.39. The van der Waals surface area contributed by atoms with E-state index in [2.05, 4.69) is 0 Å². The molecule has 0 spiro atoms. The van der Waals surface area contributed by atoms with Gasteiger partial charge in [-0.2, -0.15) is 0 Å². The van der Waals surface area contributed by atoms with Gasteiger partial charge in [0.15, 0.2) is 0 Å². The first-order chi connectivity index (χ1) is 6.89. The number of rotatable bonds is 0. The molecule has 0 aliphatic heterocycles. The molecule has 0 radical (unpaired) electrons. The Morgan fingerprint density at radius 3 is 2.53 bits per heavy atom. The van der Waals surface area contributed by atoms with Crippen molar-refractivity contribution in [3.8, 4) is 0 Å². The van der Waals surface area contributed by atoms with Crippen LogP contribution in [0.4, 0.5) is 0 Å². The van der Waals surface area contributed by atoms with Crippen molar-refractivity contribution in [2.24, 2.45) is 11.3 Å². The van der Waals surface area contributed by atoms with Gasteiger partial charge < -0.3 is 5.11 Å². The van der Waals surface area contributed by atoms with E-state index in [9.17, 15) is 14.7 Å². The molecule has 3 nitrogen and oxygen atoms in total. The highest BCUT2D eigenvalue weighted by Crippen LogP contribution is 2.53. The summed E-state index contributed by atoms with van der Waals surface area (Å²) in [7, 11) is 0. The fourth-order valence-corrected chi connectivity index (χ4v) is 3.13. The Morgan fingerprint density at radius 1 is 1.27 bits per heavy atom. The maximum atomic E-state index is 11.6. The summed E-state index contributed by atoms with van der Waals surface area (Å²) in [5, 5.41) is 10.6. The van der Waals surface area contributed by atoms with Gasteiger partial charge in [-0.3, -0.25) is 9.59 Å². The van der Waals surface area contributed by atoms with Gasteiger partial charge in [0.05, 0.1) is 5.60 Å². The van der Waals surface area contributed by atoms with Crippen LogP contribution in [0.15, 0.2) is 0 Å². The Morgan fingerprint density at radius 2 is 1.87 bits per heavy atom. The minimum Gasteiger partial charge on any atom is -0.388 e. The van der Waals surface area contributed by atoms with Crippen LogP contribution in [-0.4, -0.2) is 22.3 Å². The average Bonchev–Trinajstić information content (AvgIpc) is 2.18. The molecule has 0 saturated heterocycles. The molecule has 0 unspecified atom stereocenters. The number of ketones is 2. The Bertz CT molecular complexity index is 319. The number of fused-ring (bicyclic) bond motifs is 1. The largest absolute Gasteiger partial charge is 0.388 e. The van der Waals surface area contributed by atoms with Crippen LogP contribution in [0.1, 0.15) is 46.0 Å². The molecule has 3 atom stereocenters. The molecule has 15 heavy (non-hydrogen) atoms. The maximum absolute atomic E-state index is 11.6. The molecule has 0 bridgehead atoms. The summed E-state index contributed by atoms with van der Waals surface area (Å²) in [5.41, 5.74) is -1.33. The fraction of sp³-hybridized carbons (Fsp3) is 0.833. The van der Waals surface area contributed by atoms with Crippen molar-refractivity contribution >= 4 is 11.6 Å². The smallest absolute Gasteiger partial charge is 0.138 e. The third-order valence-electron chi connectivity index (χ3n) is 4.59. The van der Waals surface area contributed by atoms with Gasteiger partial charge in [0.2, 0.25) is 0 Å². The van der Waals surface area contributed by atoms with Crippen molar-refractivity contribution < 1.29 is 14.7 Å². The normalized spacial score (nSPS) is 46.5. The molecule has 84 valence electrons. The summed E-state index contributed by atoms with van der Waals surface area (Å²) in [6, 6.07) is 0. The molecular formula is C12H18O3. The minimum absolute atomic E-state index is 0.0940. The van der Waals surface area contributed by atoms with Crippen LogP contribution in [0.2, 0.25) is 0 Å². The topological polar surface area (TPSA) is 54.4 Å². The van der Waals surface area contributed by atoms with Crippen molar-refractivity contribution in [1.82, 2.24) is 0 Å². The summed E-state index contributed by atoms with van der Waals surface area (Å²) in [6.07, 6.45) is 2.71. The Kier molecular flexibility index (Phi) is 2.26. The van der Waals surface area contributed by atoms with E-state index in [0.29, 0.717) is 12.8 Å². The summed E-state index contributed by atoms with van der Waals surface area (Å²) in [6.45, 7) is 3.78. The molecule has 0 aromatic rings. The van der Waals surface area contributed by atoms with Gasteiger partial charge in [-0.1, -0.05) is 13.8 Å². The zero-order valence-corrected chi connectivity index (χ0v) is 9.38. The number of hydrogen-bond acceptors (Lipinski definition) is 3. The summed E-state index contributed by atoms with van der Waals surface area (Å²) < 4.78 is 0. The number of Topliss-reactive ketones (excluding diaryl/α,β-unsaturated/α-hetero) is 2.